The summed E-state index contributed by atoms with van der Waals surface area (Å²) in [4.78, 5) is 11.8. The lowest BCUT2D eigenvalue weighted by atomic mass is 10.0. The first-order valence-electron chi connectivity index (χ1n) is 6.97. The number of halogens is 1. The number of carbonyl (C=O) groups is 1. The molecule has 22 heavy (non-hydrogen) atoms. The van der Waals surface area contributed by atoms with Gasteiger partial charge in [-0.1, -0.05) is 30.3 Å². The molecule has 2 atom stereocenters. The van der Waals surface area contributed by atoms with E-state index in [2.05, 4.69) is 5.32 Å². The van der Waals surface area contributed by atoms with Crippen LogP contribution < -0.4 is 10.1 Å². The van der Waals surface area contributed by atoms with Crippen LogP contribution in [0, 0.1) is 5.82 Å². The van der Waals surface area contributed by atoms with Crippen LogP contribution in [0.15, 0.2) is 54.6 Å². The van der Waals surface area contributed by atoms with Crippen molar-refractivity contribution in [2.75, 3.05) is 6.61 Å². The number of nitrogens with one attached hydrogen (secondary N) is 1. The molecule has 0 radical (unpaired) electrons. The number of benzene rings is 2. The van der Waals surface area contributed by atoms with Crippen molar-refractivity contribution in [2.45, 2.75) is 19.1 Å². The van der Waals surface area contributed by atoms with E-state index in [4.69, 9.17) is 4.74 Å². The van der Waals surface area contributed by atoms with Crippen LogP contribution in [0.1, 0.15) is 18.6 Å². The Bertz CT molecular complexity index is 601. The number of rotatable bonds is 6. The Morgan fingerprint density at radius 2 is 1.82 bits per heavy atom. The number of para-hydroxylation sites is 1. The lowest BCUT2D eigenvalue weighted by Crippen LogP contribution is -2.39. The summed E-state index contributed by atoms with van der Waals surface area (Å²) >= 11 is 0. The molecule has 0 aromatic heterocycles. The Morgan fingerprint density at radius 1 is 1.18 bits per heavy atom. The maximum absolute atomic E-state index is 12.9. The van der Waals surface area contributed by atoms with E-state index in [1.807, 2.05) is 18.2 Å². The van der Waals surface area contributed by atoms with Crippen molar-refractivity contribution in [1.29, 1.82) is 0 Å². The fourth-order valence-corrected chi connectivity index (χ4v) is 1.99. The van der Waals surface area contributed by atoms with Gasteiger partial charge in [0.1, 0.15) is 11.6 Å². The predicted octanol–water partition coefficient (Wildman–Crippen LogP) is 2.44. The summed E-state index contributed by atoms with van der Waals surface area (Å²) in [5.74, 6) is -0.106. The molecule has 0 bridgehead atoms. The first-order valence-corrected chi connectivity index (χ1v) is 6.97. The van der Waals surface area contributed by atoms with E-state index >= 15 is 0 Å². The zero-order valence-electron chi connectivity index (χ0n) is 12.2. The highest BCUT2D eigenvalue weighted by molar-refractivity contribution is 5.77. The van der Waals surface area contributed by atoms with Crippen LogP contribution in [0.3, 0.4) is 0 Å². The molecule has 1 amide bonds. The van der Waals surface area contributed by atoms with Gasteiger partial charge in [-0.15, -0.1) is 0 Å². The van der Waals surface area contributed by atoms with Crippen molar-refractivity contribution >= 4 is 5.91 Å². The van der Waals surface area contributed by atoms with E-state index in [9.17, 15) is 14.3 Å². The Hall–Kier alpha value is -2.40. The number of ether oxygens (including phenoxy) is 1. The Morgan fingerprint density at radius 3 is 2.45 bits per heavy atom. The molecule has 5 heteroatoms. The maximum atomic E-state index is 12.9. The van der Waals surface area contributed by atoms with Crippen molar-refractivity contribution in [1.82, 2.24) is 5.32 Å². The largest absolute Gasteiger partial charge is 0.484 e. The number of amides is 1. The molecule has 0 aliphatic rings. The van der Waals surface area contributed by atoms with Crippen LogP contribution in [0.25, 0.3) is 0 Å². The third-order valence-corrected chi connectivity index (χ3v) is 3.19. The second-order valence-electron chi connectivity index (χ2n) is 4.95. The molecular weight excluding hydrogens is 285 g/mol. The van der Waals surface area contributed by atoms with Crippen molar-refractivity contribution < 1.29 is 19.0 Å². The third kappa shape index (κ3) is 4.56. The van der Waals surface area contributed by atoms with Crippen LogP contribution >= 0.6 is 0 Å². The molecule has 4 nitrogen and oxygen atoms in total. The van der Waals surface area contributed by atoms with Crippen LogP contribution in [-0.2, 0) is 4.79 Å². The number of aliphatic hydroxyl groups excluding tert-OH is 1. The quantitative estimate of drug-likeness (QED) is 0.862. The van der Waals surface area contributed by atoms with Gasteiger partial charge in [0.25, 0.3) is 5.91 Å². The van der Waals surface area contributed by atoms with Crippen molar-refractivity contribution in [2.24, 2.45) is 0 Å². The number of carbonyl (C=O) groups excluding carboxylic acids is 1. The van der Waals surface area contributed by atoms with Crippen molar-refractivity contribution in [3.8, 4) is 5.75 Å². The van der Waals surface area contributed by atoms with Crippen molar-refractivity contribution in [3.63, 3.8) is 0 Å². The molecule has 0 spiro atoms. The zero-order valence-corrected chi connectivity index (χ0v) is 12.2. The van der Waals surface area contributed by atoms with Gasteiger partial charge in [-0.2, -0.15) is 0 Å². The molecule has 0 saturated heterocycles. The van der Waals surface area contributed by atoms with Gasteiger partial charge in [0.2, 0.25) is 0 Å². The summed E-state index contributed by atoms with van der Waals surface area (Å²) in [6.45, 7) is 1.54. The summed E-state index contributed by atoms with van der Waals surface area (Å²) in [6, 6.07) is 14.0. The van der Waals surface area contributed by atoms with Gasteiger partial charge in [-0.3, -0.25) is 4.79 Å². The van der Waals surface area contributed by atoms with E-state index in [0.29, 0.717) is 11.3 Å². The van der Waals surface area contributed by atoms with E-state index in [1.165, 1.54) is 24.3 Å². The van der Waals surface area contributed by atoms with E-state index < -0.39 is 12.1 Å². The smallest absolute Gasteiger partial charge is 0.258 e. The van der Waals surface area contributed by atoms with Gasteiger partial charge in [0.05, 0.1) is 12.1 Å². The summed E-state index contributed by atoms with van der Waals surface area (Å²) in [5, 5.41) is 12.8. The number of aliphatic hydroxyl groups is 1. The molecule has 0 saturated carbocycles. The highest BCUT2D eigenvalue weighted by Gasteiger charge is 2.18. The first-order chi connectivity index (χ1) is 10.6. The predicted molar refractivity (Wildman–Crippen MR) is 80.9 cm³/mol. The minimum absolute atomic E-state index is 0.134. The van der Waals surface area contributed by atoms with E-state index in [-0.39, 0.29) is 18.3 Å². The summed E-state index contributed by atoms with van der Waals surface area (Å²) in [7, 11) is 0. The average Bonchev–Trinajstić information content (AvgIpc) is 2.54. The normalized spacial score (nSPS) is 13.2. The summed E-state index contributed by atoms with van der Waals surface area (Å²) < 4.78 is 18.2. The molecule has 116 valence electrons. The molecule has 0 fully saturated rings. The highest BCUT2D eigenvalue weighted by Crippen LogP contribution is 2.17. The first kappa shape index (κ1) is 16.0. The van der Waals surface area contributed by atoms with E-state index in [1.54, 1.807) is 19.1 Å². The third-order valence-electron chi connectivity index (χ3n) is 3.19. The molecule has 2 aromatic rings. The second-order valence-corrected chi connectivity index (χ2v) is 4.95. The monoisotopic (exact) mass is 303 g/mol. The van der Waals surface area contributed by atoms with Gasteiger partial charge < -0.3 is 15.2 Å². The molecule has 2 unspecified atom stereocenters. The lowest BCUT2D eigenvalue weighted by molar-refractivity contribution is -0.124. The van der Waals surface area contributed by atoms with Crippen LogP contribution in [0.2, 0.25) is 0 Å². The molecular formula is C17H18FNO3. The molecule has 2 N–H and O–H groups in total. The zero-order chi connectivity index (χ0) is 15.9. The van der Waals surface area contributed by atoms with Gasteiger partial charge in [0.15, 0.2) is 6.61 Å². The van der Waals surface area contributed by atoms with Gasteiger partial charge in [-0.05, 0) is 36.8 Å². The fraction of sp³-hybridized carbons (Fsp3) is 0.235. The lowest BCUT2D eigenvalue weighted by Gasteiger charge is -2.20. The summed E-state index contributed by atoms with van der Waals surface area (Å²) in [6.07, 6.45) is -0.915. The molecule has 2 rings (SSSR count). The van der Waals surface area contributed by atoms with Crippen molar-refractivity contribution in [3.05, 3.63) is 66.0 Å². The minimum Gasteiger partial charge on any atom is -0.484 e. The average molecular weight is 303 g/mol. The van der Waals surface area contributed by atoms with Crippen LogP contribution in [-0.4, -0.2) is 23.7 Å². The highest BCUT2D eigenvalue weighted by atomic mass is 19.1. The van der Waals surface area contributed by atoms with Gasteiger partial charge in [-0.25, -0.2) is 4.39 Å². The minimum atomic E-state index is -0.915. The van der Waals surface area contributed by atoms with Gasteiger partial charge in [0, 0.05) is 0 Å². The topological polar surface area (TPSA) is 58.6 Å². The number of hydrogen-bond acceptors (Lipinski definition) is 3. The summed E-state index contributed by atoms with van der Waals surface area (Å²) in [5.41, 5.74) is 0.540. The fourth-order valence-electron chi connectivity index (χ4n) is 1.99. The molecule has 0 aliphatic heterocycles. The molecule has 2 aromatic carbocycles. The van der Waals surface area contributed by atoms with Crippen LogP contribution in [0.4, 0.5) is 4.39 Å². The standard InChI is InChI=1S/C17H18FNO3/c1-12(17(21)13-7-9-14(18)10-8-13)19-16(20)11-22-15-5-3-2-4-6-15/h2-10,12,17,21H,11H2,1H3,(H,19,20). The maximum Gasteiger partial charge on any atom is 0.258 e. The van der Waals surface area contributed by atoms with E-state index in [0.717, 1.165) is 0 Å². The molecule has 0 aliphatic carbocycles. The Labute approximate surface area is 128 Å². The Kier molecular flexibility index (Phi) is 5.49. The molecule has 0 heterocycles. The number of hydrogen-bond donors (Lipinski definition) is 2. The van der Waals surface area contributed by atoms with Crippen LogP contribution in [0.5, 0.6) is 5.75 Å². The van der Waals surface area contributed by atoms with Gasteiger partial charge >= 0.3 is 0 Å². The second kappa shape index (κ2) is 7.56. The SMILES string of the molecule is CC(NC(=O)COc1ccccc1)C(O)c1ccc(F)cc1. The Balaban J connectivity index is 1.84.